The summed E-state index contributed by atoms with van der Waals surface area (Å²) in [4.78, 5) is 23.5. The first kappa shape index (κ1) is 21.6. The average molecular weight is 438 g/mol. The zero-order valence-corrected chi connectivity index (χ0v) is 19.4. The summed E-state index contributed by atoms with van der Waals surface area (Å²) >= 11 is 1.75. The summed E-state index contributed by atoms with van der Waals surface area (Å²) in [5, 5.41) is 5.30. The van der Waals surface area contributed by atoms with Gasteiger partial charge < -0.3 is 14.8 Å². The number of aryl methyl sites for hydroxylation is 1. The highest BCUT2D eigenvalue weighted by molar-refractivity contribution is 7.09. The Morgan fingerprint density at radius 1 is 1.16 bits per heavy atom. The third kappa shape index (κ3) is 5.17. The number of thiophene rings is 1. The van der Waals surface area contributed by atoms with Crippen molar-refractivity contribution in [3.05, 3.63) is 69.8 Å². The predicted octanol–water partition coefficient (Wildman–Crippen LogP) is 3.55. The van der Waals surface area contributed by atoms with E-state index in [0.29, 0.717) is 0 Å². The summed E-state index contributed by atoms with van der Waals surface area (Å²) in [6.45, 7) is 11.8. The molecule has 3 aromatic heterocycles. The molecule has 4 heterocycles. The first-order valence-corrected chi connectivity index (χ1v) is 11.8. The van der Waals surface area contributed by atoms with E-state index in [0.717, 1.165) is 62.0 Å². The Morgan fingerprint density at radius 3 is 2.65 bits per heavy atom. The zero-order valence-electron chi connectivity index (χ0n) is 18.5. The summed E-state index contributed by atoms with van der Waals surface area (Å²) in [7, 11) is 0. The summed E-state index contributed by atoms with van der Waals surface area (Å²) in [5.41, 5.74) is 2.93. The van der Waals surface area contributed by atoms with Crippen LogP contribution in [0.3, 0.4) is 0 Å². The van der Waals surface area contributed by atoms with Crippen molar-refractivity contribution in [2.24, 2.45) is 0 Å². The van der Waals surface area contributed by atoms with Crippen LogP contribution in [0.2, 0.25) is 0 Å². The fraction of sp³-hybridized carbons (Fsp3) is 0.417. The molecule has 0 aliphatic carbocycles. The van der Waals surface area contributed by atoms with E-state index >= 15 is 0 Å². The molecule has 6 nitrogen and oxygen atoms in total. The summed E-state index contributed by atoms with van der Waals surface area (Å²) in [6.07, 6.45) is 1.84. The minimum absolute atomic E-state index is 0.0187. The van der Waals surface area contributed by atoms with E-state index < -0.39 is 0 Å². The zero-order chi connectivity index (χ0) is 21.8. The van der Waals surface area contributed by atoms with E-state index in [1.165, 1.54) is 4.88 Å². The minimum atomic E-state index is 0.0187. The molecule has 0 bridgehead atoms. The third-order valence-electron chi connectivity index (χ3n) is 5.97. The number of carbonyl (C=O) groups is 1. The molecule has 0 aromatic carbocycles. The number of nitrogens with one attached hydrogen (secondary N) is 1. The molecule has 0 spiro atoms. The van der Waals surface area contributed by atoms with Crippen LogP contribution < -0.4 is 10.2 Å². The van der Waals surface area contributed by atoms with Gasteiger partial charge in [0.25, 0.3) is 5.91 Å². The van der Waals surface area contributed by atoms with Gasteiger partial charge in [0, 0.05) is 61.2 Å². The van der Waals surface area contributed by atoms with Crippen LogP contribution in [0.15, 0.2) is 48.0 Å². The van der Waals surface area contributed by atoms with Gasteiger partial charge in [0.05, 0.1) is 12.1 Å². The van der Waals surface area contributed by atoms with Crippen molar-refractivity contribution in [1.82, 2.24) is 19.8 Å². The molecule has 4 rings (SSSR count). The third-order valence-corrected chi connectivity index (χ3v) is 6.83. The lowest BCUT2D eigenvalue weighted by Gasteiger charge is -2.36. The summed E-state index contributed by atoms with van der Waals surface area (Å²) < 4.78 is 2.22. The molecule has 0 saturated carbocycles. The van der Waals surface area contributed by atoms with Gasteiger partial charge in [-0.3, -0.25) is 9.69 Å². The van der Waals surface area contributed by atoms with Crippen molar-refractivity contribution < 1.29 is 4.79 Å². The van der Waals surface area contributed by atoms with Crippen molar-refractivity contribution in [2.45, 2.75) is 33.4 Å². The maximum atomic E-state index is 13.0. The number of anilines is 1. The predicted molar refractivity (Wildman–Crippen MR) is 127 cm³/mol. The molecule has 31 heavy (non-hydrogen) atoms. The van der Waals surface area contributed by atoms with Gasteiger partial charge in [0.2, 0.25) is 0 Å². The number of amides is 1. The van der Waals surface area contributed by atoms with Crippen LogP contribution in [0.25, 0.3) is 0 Å². The molecule has 7 heteroatoms. The number of piperazine rings is 1. The van der Waals surface area contributed by atoms with Gasteiger partial charge in [-0.2, -0.15) is 0 Å². The highest BCUT2D eigenvalue weighted by Gasteiger charge is 2.22. The Labute approximate surface area is 188 Å². The van der Waals surface area contributed by atoms with Crippen molar-refractivity contribution >= 4 is 23.1 Å². The highest BCUT2D eigenvalue weighted by Crippen LogP contribution is 2.19. The first-order valence-electron chi connectivity index (χ1n) is 10.9. The highest BCUT2D eigenvalue weighted by atomic mass is 32.1. The topological polar surface area (TPSA) is 53.4 Å². The Morgan fingerprint density at radius 2 is 1.97 bits per heavy atom. The lowest BCUT2D eigenvalue weighted by molar-refractivity contribution is 0.0927. The van der Waals surface area contributed by atoms with E-state index in [-0.39, 0.29) is 11.9 Å². The molecule has 0 radical (unpaired) electrons. The van der Waals surface area contributed by atoms with E-state index in [1.54, 1.807) is 11.3 Å². The Kier molecular flexibility index (Phi) is 6.73. The standard InChI is InChI=1S/C24H31N5OS/c1-18(16-27-10-12-28(13-11-27)23-8-4-5-9-25-23)26-24(30)22-15-19(2)29(20(22)3)17-21-7-6-14-31-21/h4-9,14-15,18H,10-13,16-17H2,1-3H3,(H,26,30). The molecule has 1 saturated heterocycles. The number of hydrogen-bond acceptors (Lipinski definition) is 5. The maximum absolute atomic E-state index is 13.0. The van der Waals surface area contributed by atoms with Crippen molar-refractivity contribution in [2.75, 3.05) is 37.6 Å². The van der Waals surface area contributed by atoms with Crippen molar-refractivity contribution in [3.63, 3.8) is 0 Å². The number of pyridine rings is 1. The monoisotopic (exact) mass is 437 g/mol. The van der Waals surface area contributed by atoms with Gasteiger partial charge in [0.15, 0.2) is 0 Å². The number of nitrogens with zero attached hydrogens (tertiary/aromatic N) is 4. The Balaban J connectivity index is 1.30. The SMILES string of the molecule is Cc1cc(C(=O)NC(C)CN2CCN(c3ccccn3)CC2)c(C)n1Cc1cccs1. The molecule has 1 atom stereocenters. The molecule has 1 amide bonds. The van der Waals surface area contributed by atoms with E-state index in [4.69, 9.17) is 0 Å². The van der Waals surface area contributed by atoms with Crippen LogP contribution in [-0.2, 0) is 6.54 Å². The maximum Gasteiger partial charge on any atom is 0.253 e. The quantitative estimate of drug-likeness (QED) is 0.614. The Bertz CT molecular complexity index is 991. The summed E-state index contributed by atoms with van der Waals surface area (Å²) in [5.74, 6) is 1.06. The molecule has 164 valence electrons. The molecule has 3 aromatic rings. The fourth-order valence-electron chi connectivity index (χ4n) is 4.27. The number of hydrogen-bond donors (Lipinski definition) is 1. The fourth-order valence-corrected chi connectivity index (χ4v) is 4.96. The van der Waals surface area contributed by atoms with E-state index in [2.05, 4.69) is 62.1 Å². The molecule has 1 aliphatic heterocycles. The lowest BCUT2D eigenvalue weighted by Crippen LogP contribution is -2.51. The van der Waals surface area contributed by atoms with Crippen molar-refractivity contribution in [3.8, 4) is 0 Å². The Hall–Kier alpha value is -2.64. The van der Waals surface area contributed by atoms with Gasteiger partial charge >= 0.3 is 0 Å². The lowest BCUT2D eigenvalue weighted by atomic mass is 10.2. The first-order chi connectivity index (χ1) is 15.0. The van der Waals surface area contributed by atoms with Crippen molar-refractivity contribution in [1.29, 1.82) is 0 Å². The van der Waals surface area contributed by atoms with Crippen LogP contribution >= 0.6 is 11.3 Å². The number of rotatable bonds is 7. The van der Waals surface area contributed by atoms with Gasteiger partial charge in [-0.25, -0.2) is 4.98 Å². The van der Waals surface area contributed by atoms with Crippen LogP contribution in [0.1, 0.15) is 33.5 Å². The molecular formula is C24H31N5OS. The smallest absolute Gasteiger partial charge is 0.253 e. The molecule has 1 N–H and O–H groups in total. The second kappa shape index (κ2) is 9.66. The largest absolute Gasteiger partial charge is 0.354 e. The molecule has 1 fully saturated rings. The summed E-state index contributed by atoms with van der Waals surface area (Å²) in [6, 6.07) is 12.4. The normalized spacial score (nSPS) is 15.8. The second-order valence-electron chi connectivity index (χ2n) is 8.30. The van der Waals surface area contributed by atoms with E-state index in [9.17, 15) is 4.79 Å². The minimum Gasteiger partial charge on any atom is -0.354 e. The average Bonchev–Trinajstić information content (AvgIpc) is 3.38. The molecule has 1 unspecified atom stereocenters. The van der Waals surface area contributed by atoms with Gasteiger partial charge in [0.1, 0.15) is 5.82 Å². The van der Waals surface area contributed by atoms with Crippen LogP contribution in [0.5, 0.6) is 0 Å². The van der Waals surface area contributed by atoms with Crippen LogP contribution in [0.4, 0.5) is 5.82 Å². The molecule has 1 aliphatic rings. The molecular weight excluding hydrogens is 406 g/mol. The van der Waals surface area contributed by atoms with Gasteiger partial charge in [-0.05, 0) is 50.4 Å². The van der Waals surface area contributed by atoms with Gasteiger partial charge in [-0.1, -0.05) is 12.1 Å². The van der Waals surface area contributed by atoms with Crippen LogP contribution in [-0.4, -0.2) is 59.1 Å². The van der Waals surface area contributed by atoms with Gasteiger partial charge in [-0.15, -0.1) is 11.3 Å². The second-order valence-corrected chi connectivity index (χ2v) is 9.33. The number of aromatic nitrogens is 2. The van der Waals surface area contributed by atoms with Crippen LogP contribution in [0, 0.1) is 13.8 Å². The number of carbonyl (C=O) groups excluding carboxylic acids is 1. The van der Waals surface area contributed by atoms with E-state index in [1.807, 2.05) is 31.3 Å².